The van der Waals surface area contributed by atoms with Crippen LogP contribution in [0.25, 0.3) is 0 Å². The lowest BCUT2D eigenvalue weighted by atomic mass is 9.95. The van der Waals surface area contributed by atoms with Crippen molar-refractivity contribution >= 4 is 23.0 Å². The molecule has 1 atom stereocenters. The minimum absolute atomic E-state index is 0.145. The Hall–Kier alpha value is -2.64. The van der Waals surface area contributed by atoms with Crippen LogP contribution in [0.5, 0.6) is 5.75 Å². The molecule has 160 valence electrons. The predicted molar refractivity (Wildman–Crippen MR) is 118 cm³/mol. The summed E-state index contributed by atoms with van der Waals surface area (Å²) in [6.07, 6.45) is 0. The molecule has 0 saturated heterocycles. The van der Waals surface area contributed by atoms with Gasteiger partial charge in [-0.2, -0.15) is 0 Å². The third kappa shape index (κ3) is 4.42. The second-order valence-corrected chi connectivity index (χ2v) is 7.95. The van der Waals surface area contributed by atoms with Crippen molar-refractivity contribution in [2.24, 2.45) is 0 Å². The lowest BCUT2D eigenvalue weighted by molar-refractivity contribution is -0.129. The van der Waals surface area contributed by atoms with E-state index in [0.717, 1.165) is 24.4 Å². The maximum absolute atomic E-state index is 13.2. The quantitative estimate of drug-likeness (QED) is 0.578. The molecule has 1 aromatic carbocycles. The highest BCUT2D eigenvalue weighted by molar-refractivity contribution is 7.12. The summed E-state index contributed by atoms with van der Waals surface area (Å²) < 4.78 is 5.52. The van der Waals surface area contributed by atoms with E-state index in [9.17, 15) is 14.7 Å². The Kier molecular flexibility index (Phi) is 7.29. The number of amides is 1. The molecular weight excluding hydrogens is 400 g/mol. The van der Waals surface area contributed by atoms with E-state index in [0.29, 0.717) is 24.6 Å². The van der Waals surface area contributed by atoms with Gasteiger partial charge in [0, 0.05) is 13.1 Å². The maximum Gasteiger partial charge on any atom is 0.290 e. The van der Waals surface area contributed by atoms with Gasteiger partial charge in [-0.1, -0.05) is 32.0 Å². The molecular formula is C23H28N2O4S. The van der Waals surface area contributed by atoms with E-state index < -0.39 is 17.7 Å². The third-order valence-corrected chi connectivity index (χ3v) is 6.22. The summed E-state index contributed by atoms with van der Waals surface area (Å²) in [6, 6.07) is 10.2. The lowest BCUT2D eigenvalue weighted by Crippen LogP contribution is -2.38. The van der Waals surface area contributed by atoms with Crippen LogP contribution in [0.15, 0.2) is 53.1 Å². The highest BCUT2D eigenvalue weighted by Crippen LogP contribution is 2.39. The van der Waals surface area contributed by atoms with Gasteiger partial charge in [0.15, 0.2) is 5.76 Å². The van der Waals surface area contributed by atoms with Crippen LogP contribution in [0.3, 0.4) is 0 Å². The van der Waals surface area contributed by atoms with Crippen LogP contribution in [0, 0.1) is 0 Å². The van der Waals surface area contributed by atoms with Crippen LogP contribution in [-0.4, -0.2) is 59.4 Å². The van der Waals surface area contributed by atoms with Crippen molar-refractivity contribution in [3.05, 3.63) is 63.6 Å². The Morgan fingerprint density at radius 1 is 1.17 bits per heavy atom. The summed E-state index contributed by atoms with van der Waals surface area (Å²) in [5, 5.41) is 12.5. The fourth-order valence-corrected chi connectivity index (χ4v) is 4.38. The molecule has 3 rings (SSSR count). The number of likely N-dealkylation sites (N-methyl/N-ethyl adjacent to an activating group) is 1. The zero-order valence-corrected chi connectivity index (χ0v) is 18.4. The van der Waals surface area contributed by atoms with Crippen molar-refractivity contribution in [2.45, 2.75) is 26.8 Å². The monoisotopic (exact) mass is 428 g/mol. The molecule has 0 aliphatic carbocycles. The van der Waals surface area contributed by atoms with Gasteiger partial charge in [-0.05, 0) is 49.2 Å². The number of aliphatic hydroxyl groups excluding tert-OH is 1. The molecule has 7 heteroatoms. The first-order valence-electron chi connectivity index (χ1n) is 10.3. The molecule has 6 nitrogen and oxygen atoms in total. The highest BCUT2D eigenvalue weighted by atomic mass is 32.1. The average Bonchev–Trinajstić information content (AvgIpc) is 3.38. The van der Waals surface area contributed by atoms with Crippen molar-refractivity contribution in [1.29, 1.82) is 0 Å². The Morgan fingerprint density at radius 3 is 2.43 bits per heavy atom. The molecule has 1 aliphatic heterocycles. The summed E-state index contributed by atoms with van der Waals surface area (Å²) in [4.78, 5) is 30.5. The topological polar surface area (TPSA) is 70.1 Å². The number of ketones is 1. The fourth-order valence-electron chi connectivity index (χ4n) is 3.71. The second-order valence-electron chi connectivity index (χ2n) is 7.00. The molecule has 0 radical (unpaired) electrons. The first-order valence-corrected chi connectivity index (χ1v) is 11.2. The van der Waals surface area contributed by atoms with Gasteiger partial charge in [0.2, 0.25) is 5.78 Å². The standard InChI is InChI=1S/C23H28N2O4S/c1-4-24(5-2)13-14-25-20(16-9-11-17(12-10-16)29-6-3)19(22(27)23(25)28)21(26)18-8-7-15-30-18/h7-12,15,20,27H,4-6,13-14H2,1-3H3. The van der Waals surface area contributed by atoms with Gasteiger partial charge in [0.1, 0.15) is 5.75 Å². The number of ether oxygens (including phenoxy) is 1. The SMILES string of the molecule is CCOc1ccc(C2C(C(=O)c3cccs3)=C(O)C(=O)N2CCN(CC)CC)cc1. The molecule has 0 spiro atoms. The number of hydrogen-bond acceptors (Lipinski definition) is 6. The van der Waals surface area contributed by atoms with Gasteiger partial charge in [0.05, 0.1) is 23.1 Å². The van der Waals surface area contributed by atoms with Crippen LogP contribution in [-0.2, 0) is 4.79 Å². The van der Waals surface area contributed by atoms with Crippen molar-refractivity contribution in [3.63, 3.8) is 0 Å². The van der Waals surface area contributed by atoms with E-state index in [-0.39, 0.29) is 11.4 Å². The van der Waals surface area contributed by atoms with E-state index >= 15 is 0 Å². The summed E-state index contributed by atoms with van der Waals surface area (Å²) in [7, 11) is 0. The molecule has 0 fully saturated rings. The van der Waals surface area contributed by atoms with E-state index in [1.165, 1.54) is 11.3 Å². The second kappa shape index (κ2) is 9.91. The maximum atomic E-state index is 13.2. The lowest BCUT2D eigenvalue weighted by Gasteiger charge is -2.29. The Bertz CT molecular complexity index is 902. The number of nitrogens with zero attached hydrogens (tertiary/aromatic N) is 2. The fraction of sp³-hybridized carbons (Fsp3) is 0.391. The zero-order chi connectivity index (χ0) is 21.7. The molecule has 1 unspecified atom stereocenters. The molecule has 1 amide bonds. The van der Waals surface area contributed by atoms with Gasteiger partial charge in [-0.15, -0.1) is 11.3 Å². The van der Waals surface area contributed by atoms with Crippen LogP contribution in [0.2, 0.25) is 0 Å². The Morgan fingerprint density at radius 2 is 1.87 bits per heavy atom. The van der Waals surface area contributed by atoms with Gasteiger partial charge in [-0.3, -0.25) is 9.59 Å². The van der Waals surface area contributed by atoms with E-state index in [4.69, 9.17) is 4.74 Å². The zero-order valence-electron chi connectivity index (χ0n) is 17.6. The Balaban J connectivity index is 1.98. The van der Waals surface area contributed by atoms with Crippen LogP contribution < -0.4 is 4.74 Å². The number of Topliss-reactive ketones (excluding diaryl/α,β-unsaturated/α-hetero) is 1. The minimum atomic E-state index is -0.627. The normalized spacial score (nSPS) is 16.6. The van der Waals surface area contributed by atoms with Crippen molar-refractivity contribution in [3.8, 4) is 5.75 Å². The molecule has 0 bridgehead atoms. The molecule has 1 aliphatic rings. The van der Waals surface area contributed by atoms with Crippen molar-refractivity contribution in [1.82, 2.24) is 9.80 Å². The largest absolute Gasteiger partial charge is 0.503 e. The third-order valence-electron chi connectivity index (χ3n) is 5.35. The summed E-state index contributed by atoms with van der Waals surface area (Å²) in [6.45, 7) is 9.43. The Labute approximate surface area is 181 Å². The first kappa shape index (κ1) is 22.1. The van der Waals surface area contributed by atoms with E-state index in [2.05, 4.69) is 18.7 Å². The predicted octanol–water partition coefficient (Wildman–Crippen LogP) is 4.07. The summed E-state index contributed by atoms with van der Waals surface area (Å²) in [5.41, 5.74) is 0.918. The number of carbonyl (C=O) groups excluding carboxylic acids is 2. The van der Waals surface area contributed by atoms with E-state index in [1.54, 1.807) is 17.0 Å². The van der Waals surface area contributed by atoms with Gasteiger partial charge < -0.3 is 19.6 Å². The van der Waals surface area contributed by atoms with Gasteiger partial charge in [-0.25, -0.2) is 0 Å². The van der Waals surface area contributed by atoms with E-state index in [1.807, 2.05) is 36.6 Å². The molecule has 1 aromatic heterocycles. The average molecular weight is 429 g/mol. The number of thiophene rings is 1. The number of carbonyl (C=O) groups is 2. The van der Waals surface area contributed by atoms with Crippen LogP contribution in [0.4, 0.5) is 0 Å². The van der Waals surface area contributed by atoms with Gasteiger partial charge >= 0.3 is 0 Å². The minimum Gasteiger partial charge on any atom is -0.503 e. The molecule has 30 heavy (non-hydrogen) atoms. The molecule has 0 saturated carbocycles. The molecule has 2 aromatic rings. The number of aliphatic hydroxyl groups is 1. The summed E-state index contributed by atoms with van der Waals surface area (Å²) in [5.74, 6) is -0.535. The molecule has 1 N–H and O–H groups in total. The summed E-state index contributed by atoms with van der Waals surface area (Å²) >= 11 is 1.30. The first-order chi connectivity index (χ1) is 14.5. The van der Waals surface area contributed by atoms with Crippen molar-refractivity contribution in [2.75, 3.05) is 32.8 Å². The van der Waals surface area contributed by atoms with Gasteiger partial charge in [0.25, 0.3) is 5.91 Å². The molecule has 2 heterocycles. The number of benzene rings is 1. The number of hydrogen-bond donors (Lipinski definition) is 1. The van der Waals surface area contributed by atoms with Crippen molar-refractivity contribution < 1.29 is 19.4 Å². The smallest absolute Gasteiger partial charge is 0.290 e. The number of rotatable bonds is 10. The highest BCUT2D eigenvalue weighted by Gasteiger charge is 2.43. The van der Waals surface area contributed by atoms with Crippen LogP contribution in [0.1, 0.15) is 42.0 Å². The van der Waals surface area contributed by atoms with Crippen LogP contribution >= 0.6 is 11.3 Å².